The van der Waals surface area contributed by atoms with Crippen LogP contribution in [0.2, 0.25) is 5.02 Å². The number of halogens is 1. The average molecular weight is 324 g/mol. The summed E-state index contributed by atoms with van der Waals surface area (Å²) >= 11 is 5.84. The molecular weight excluding hydrogens is 302 g/mol. The Morgan fingerprint density at radius 2 is 1.86 bits per heavy atom. The number of carbonyl (C=O) groups excluding carboxylic acids is 1. The third kappa shape index (κ3) is 2.84. The highest BCUT2D eigenvalue weighted by Gasteiger charge is 2.58. The van der Waals surface area contributed by atoms with Gasteiger partial charge >= 0.3 is 5.97 Å². The fraction of sp³-hybridized carbons (Fsp3) is 0.529. The highest BCUT2D eigenvalue weighted by atomic mass is 35.5. The van der Waals surface area contributed by atoms with E-state index in [9.17, 15) is 14.7 Å². The molecule has 1 fully saturated rings. The number of rotatable bonds is 4. The van der Waals surface area contributed by atoms with Gasteiger partial charge in [0.1, 0.15) is 0 Å². The second-order valence-electron chi connectivity index (χ2n) is 6.79. The fourth-order valence-corrected chi connectivity index (χ4v) is 3.44. The molecule has 1 aromatic carbocycles. The molecule has 5 heteroatoms. The molecule has 2 N–H and O–H groups in total. The van der Waals surface area contributed by atoms with Crippen molar-refractivity contribution in [3.63, 3.8) is 0 Å². The summed E-state index contributed by atoms with van der Waals surface area (Å²) in [6.07, 6.45) is 1.12. The van der Waals surface area contributed by atoms with Crippen LogP contribution >= 0.6 is 11.6 Å². The normalized spacial score (nSPS) is 26.6. The first kappa shape index (κ1) is 16.8. The van der Waals surface area contributed by atoms with E-state index in [4.69, 9.17) is 11.6 Å². The lowest BCUT2D eigenvalue weighted by Gasteiger charge is -2.39. The number of nitrogens with one attached hydrogen (secondary N) is 1. The first-order valence-electron chi connectivity index (χ1n) is 7.44. The Hall–Kier alpha value is -1.55. The predicted molar refractivity (Wildman–Crippen MR) is 85.5 cm³/mol. The van der Waals surface area contributed by atoms with Crippen LogP contribution in [0.5, 0.6) is 0 Å². The van der Waals surface area contributed by atoms with Crippen molar-refractivity contribution in [1.82, 2.24) is 5.32 Å². The van der Waals surface area contributed by atoms with Gasteiger partial charge in [-0.1, -0.05) is 44.5 Å². The summed E-state index contributed by atoms with van der Waals surface area (Å²) in [5.41, 5.74) is -0.294. The Balaban J connectivity index is 2.08. The van der Waals surface area contributed by atoms with Crippen LogP contribution in [-0.2, 0) is 16.1 Å². The maximum absolute atomic E-state index is 12.7. The van der Waals surface area contributed by atoms with Gasteiger partial charge in [0.15, 0.2) is 0 Å². The topological polar surface area (TPSA) is 66.4 Å². The molecule has 2 atom stereocenters. The van der Waals surface area contributed by atoms with Gasteiger partial charge in [0, 0.05) is 11.6 Å². The van der Waals surface area contributed by atoms with Crippen LogP contribution in [0.3, 0.4) is 0 Å². The molecule has 2 rings (SSSR count). The minimum atomic E-state index is -0.820. The Bertz CT molecular complexity index is 582. The molecule has 0 spiro atoms. The zero-order valence-corrected chi connectivity index (χ0v) is 13.9. The zero-order valence-electron chi connectivity index (χ0n) is 13.1. The summed E-state index contributed by atoms with van der Waals surface area (Å²) in [5, 5.41) is 12.9. The van der Waals surface area contributed by atoms with Gasteiger partial charge in [-0.15, -0.1) is 0 Å². The lowest BCUT2D eigenvalue weighted by molar-refractivity contribution is -0.148. The molecule has 0 heterocycles. The molecule has 4 nitrogen and oxygen atoms in total. The molecule has 1 aliphatic rings. The van der Waals surface area contributed by atoms with Gasteiger partial charge in [-0.25, -0.2) is 0 Å². The Kier molecular flexibility index (Phi) is 4.52. The number of benzene rings is 1. The van der Waals surface area contributed by atoms with E-state index in [0.29, 0.717) is 24.4 Å². The number of aliphatic carboxylic acids is 1. The van der Waals surface area contributed by atoms with E-state index < -0.39 is 22.7 Å². The molecule has 0 aromatic heterocycles. The van der Waals surface area contributed by atoms with E-state index >= 15 is 0 Å². The molecule has 1 saturated carbocycles. The third-order valence-corrected chi connectivity index (χ3v) is 5.64. The highest BCUT2D eigenvalue weighted by Crippen LogP contribution is 2.56. The molecule has 2 unspecified atom stereocenters. The van der Waals surface area contributed by atoms with Gasteiger partial charge in [0.25, 0.3) is 0 Å². The molecule has 120 valence electrons. The second kappa shape index (κ2) is 5.92. The molecule has 0 aliphatic heterocycles. The smallest absolute Gasteiger partial charge is 0.307 e. The molecule has 0 saturated heterocycles. The van der Waals surface area contributed by atoms with Crippen molar-refractivity contribution in [3.8, 4) is 0 Å². The quantitative estimate of drug-likeness (QED) is 0.891. The standard InChI is InChI=1S/C17H22ClNO3/c1-16(2)13(14(20)21)8-9-17(16,3)15(22)19-10-11-4-6-12(18)7-5-11/h4-7,13H,8-10H2,1-3H3,(H,19,22)(H,20,21). The maximum Gasteiger partial charge on any atom is 0.307 e. The lowest BCUT2D eigenvalue weighted by atomic mass is 9.65. The Labute approximate surface area is 135 Å². The van der Waals surface area contributed by atoms with E-state index in [1.807, 2.05) is 32.9 Å². The van der Waals surface area contributed by atoms with Crippen LogP contribution in [0.1, 0.15) is 39.2 Å². The van der Waals surface area contributed by atoms with Crippen molar-refractivity contribution < 1.29 is 14.7 Å². The van der Waals surface area contributed by atoms with E-state index in [2.05, 4.69) is 5.32 Å². The number of hydrogen-bond donors (Lipinski definition) is 2. The monoisotopic (exact) mass is 323 g/mol. The van der Waals surface area contributed by atoms with Crippen LogP contribution in [0, 0.1) is 16.7 Å². The molecule has 1 amide bonds. The third-order valence-electron chi connectivity index (χ3n) is 5.39. The first-order valence-corrected chi connectivity index (χ1v) is 7.82. The molecule has 22 heavy (non-hydrogen) atoms. The van der Waals surface area contributed by atoms with Gasteiger partial charge in [-0.3, -0.25) is 9.59 Å². The van der Waals surface area contributed by atoms with Gasteiger partial charge in [0.2, 0.25) is 5.91 Å². The Morgan fingerprint density at radius 3 is 2.36 bits per heavy atom. The predicted octanol–water partition coefficient (Wildman–Crippen LogP) is 3.48. The number of carbonyl (C=O) groups is 2. The van der Waals surface area contributed by atoms with Gasteiger partial charge < -0.3 is 10.4 Å². The summed E-state index contributed by atoms with van der Waals surface area (Å²) in [6.45, 7) is 6.04. The number of carboxylic acid groups (broad SMARTS) is 1. The fourth-order valence-electron chi connectivity index (χ4n) is 3.32. The first-order chi connectivity index (χ1) is 10.2. The van der Waals surface area contributed by atoms with Crippen LogP contribution in [-0.4, -0.2) is 17.0 Å². The molecular formula is C17H22ClNO3. The van der Waals surface area contributed by atoms with Crippen LogP contribution in [0.4, 0.5) is 0 Å². The van der Waals surface area contributed by atoms with E-state index in [1.54, 1.807) is 12.1 Å². The van der Waals surface area contributed by atoms with Gasteiger partial charge in [-0.05, 0) is 36.0 Å². The van der Waals surface area contributed by atoms with Gasteiger partial charge in [0.05, 0.1) is 11.3 Å². The molecule has 0 bridgehead atoms. The van der Waals surface area contributed by atoms with E-state index in [-0.39, 0.29) is 5.91 Å². The van der Waals surface area contributed by atoms with Crippen molar-refractivity contribution >= 4 is 23.5 Å². The summed E-state index contributed by atoms with van der Waals surface area (Å²) in [4.78, 5) is 24.1. The molecule has 1 aromatic rings. The van der Waals surface area contributed by atoms with Crippen molar-refractivity contribution in [3.05, 3.63) is 34.9 Å². The molecule has 1 aliphatic carbocycles. The van der Waals surface area contributed by atoms with E-state index in [0.717, 1.165) is 5.56 Å². The maximum atomic E-state index is 12.7. The summed E-state index contributed by atoms with van der Waals surface area (Å²) in [7, 11) is 0. The van der Waals surface area contributed by atoms with Gasteiger partial charge in [-0.2, -0.15) is 0 Å². The SMILES string of the molecule is CC1(C(=O)NCc2ccc(Cl)cc2)CCC(C(=O)O)C1(C)C. The van der Waals surface area contributed by atoms with Crippen LogP contribution < -0.4 is 5.32 Å². The van der Waals surface area contributed by atoms with Crippen molar-refractivity contribution in [2.24, 2.45) is 16.7 Å². The lowest BCUT2D eigenvalue weighted by Crippen LogP contribution is -2.47. The van der Waals surface area contributed by atoms with Crippen LogP contribution in [0.25, 0.3) is 0 Å². The summed E-state index contributed by atoms with van der Waals surface area (Å²) in [6, 6.07) is 7.30. The zero-order chi connectivity index (χ0) is 16.5. The summed E-state index contributed by atoms with van der Waals surface area (Å²) < 4.78 is 0. The second-order valence-corrected chi connectivity index (χ2v) is 7.23. The van der Waals surface area contributed by atoms with Crippen molar-refractivity contribution in [1.29, 1.82) is 0 Å². The summed E-state index contributed by atoms with van der Waals surface area (Å²) in [5.74, 6) is -1.39. The minimum Gasteiger partial charge on any atom is -0.481 e. The van der Waals surface area contributed by atoms with Crippen molar-refractivity contribution in [2.45, 2.75) is 40.2 Å². The highest BCUT2D eigenvalue weighted by molar-refractivity contribution is 6.30. The number of carboxylic acids is 1. The van der Waals surface area contributed by atoms with Crippen molar-refractivity contribution in [2.75, 3.05) is 0 Å². The number of amides is 1. The number of hydrogen-bond acceptors (Lipinski definition) is 2. The largest absolute Gasteiger partial charge is 0.481 e. The molecule has 0 radical (unpaired) electrons. The minimum absolute atomic E-state index is 0.0869. The Morgan fingerprint density at radius 1 is 1.27 bits per heavy atom. The van der Waals surface area contributed by atoms with E-state index in [1.165, 1.54) is 0 Å². The average Bonchev–Trinajstić information content (AvgIpc) is 2.69. The van der Waals surface area contributed by atoms with Crippen LogP contribution in [0.15, 0.2) is 24.3 Å².